The summed E-state index contributed by atoms with van der Waals surface area (Å²) in [4.78, 5) is 27.7. The number of amides is 1. The lowest BCUT2D eigenvalue weighted by molar-refractivity contribution is -0.150. The van der Waals surface area contributed by atoms with Gasteiger partial charge in [-0.2, -0.15) is 0 Å². The van der Waals surface area contributed by atoms with Crippen LogP contribution in [0.2, 0.25) is 0 Å². The predicted octanol–water partition coefficient (Wildman–Crippen LogP) is 13.0. The van der Waals surface area contributed by atoms with E-state index in [1.54, 1.807) is 0 Å². The molecule has 292 valence electrons. The van der Waals surface area contributed by atoms with Gasteiger partial charge >= 0.3 is 12.1 Å². The van der Waals surface area contributed by atoms with Crippen LogP contribution in [0.3, 0.4) is 0 Å². The Labute approximate surface area is 306 Å². The Morgan fingerprint density at radius 2 is 0.980 bits per heavy atom. The Hall–Kier alpha value is -1.30. The van der Waals surface area contributed by atoms with Crippen molar-refractivity contribution in [2.24, 2.45) is 5.41 Å². The first-order valence-corrected chi connectivity index (χ1v) is 21.3. The van der Waals surface area contributed by atoms with Crippen molar-refractivity contribution in [3.05, 3.63) is 0 Å². The van der Waals surface area contributed by atoms with Gasteiger partial charge in [-0.15, -0.1) is 0 Å². The molecular weight excluding hydrogens is 608 g/mol. The van der Waals surface area contributed by atoms with Gasteiger partial charge in [0.2, 0.25) is 0 Å². The minimum absolute atomic E-state index is 0.0225. The first-order valence-electron chi connectivity index (χ1n) is 21.3. The lowest BCUT2D eigenvalue weighted by Gasteiger charge is -2.33. The van der Waals surface area contributed by atoms with E-state index < -0.39 is 5.60 Å². The molecule has 0 aromatic heterocycles. The zero-order chi connectivity index (χ0) is 36.6. The number of hydrogen-bond acceptors (Lipinski definition) is 5. The summed E-state index contributed by atoms with van der Waals surface area (Å²) in [6.07, 6.45) is 31.2. The molecule has 0 aromatic carbocycles. The van der Waals surface area contributed by atoms with Crippen molar-refractivity contribution in [1.29, 1.82) is 0 Å². The van der Waals surface area contributed by atoms with Crippen LogP contribution in [0, 0.1) is 5.41 Å². The molecule has 0 spiro atoms. The summed E-state index contributed by atoms with van der Waals surface area (Å²) in [5.74, 6) is 0.0225. The van der Waals surface area contributed by atoms with Crippen molar-refractivity contribution < 1.29 is 19.1 Å². The third kappa shape index (κ3) is 33.6. The minimum atomic E-state index is -0.485. The van der Waals surface area contributed by atoms with E-state index in [0.717, 1.165) is 45.3 Å². The van der Waals surface area contributed by atoms with Crippen LogP contribution in [-0.2, 0) is 14.3 Å². The van der Waals surface area contributed by atoms with E-state index in [9.17, 15) is 9.59 Å². The maximum absolute atomic E-state index is 12.8. The molecule has 0 bridgehead atoms. The minimum Gasteiger partial charge on any atom is -0.462 e. The standard InChI is InChI=1S/C43H86N2O4/c1-9-12-15-18-22-27-32-39(33-28-23-19-16-13-10-2)48-40(46)34-29-24-21-26-31-36-45(35-30-25-20-17-14-11-3)38-43(7,8)37-44-41(47)49-42(4,5)6/h39H,9-38H2,1-8H3,(H,44,47). The molecule has 0 unspecified atom stereocenters. The van der Waals surface area contributed by atoms with Crippen molar-refractivity contribution in [3.8, 4) is 0 Å². The van der Waals surface area contributed by atoms with Gasteiger partial charge in [-0.1, -0.05) is 150 Å². The summed E-state index contributed by atoms with van der Waals surface area (Å²) in [5.41, 5.74) is -0.525. The fraction of sp³-hybridized carbons (Fsp3) is 0.953. The summed E-state index contributed by atoms with van der Waals surface area (Å²) in [6.45, 7) is 20.7. The van der Waals surface area contributed by atoms with Gasteiger partial charge in [0.25, 0.3) is 0 Å². The average Bonchev–Trinajstić information content (AvgIpc) is 3.03. The molecule has 0 radical (unpaired) electrons. The number of nitrogens with zero attached hydrogens (tertiary/aromatic N) is 1. The quantitative estimate of drug-likeness (QED) is 0.0536. The SMILES string of the molecule is CCCCCCCCC(CCCCCCCC)OC(=O)CCCCCCCN(CCCCCCCC)CC(C)(C)CNC(=O)OC(C)(C)C. The molecule has 6 heteroatoms. The van der Waals surface area contributed by atoms with Gasteiger partial charge in [-0.3, -0.25) is 4.79 Å². The van der Waals surface area contributed by atoms with Crippen LogP contribution in [0.1, 0.15) is 222 Å². The van der Waals surface area contributed by atoms with Gasteiger partial charge in [-0.05, 0) is 84.2 Å². The Kier molecular flexibility index (Phi) is 30.6. The van der Waals surface area contributed by atoms with Gasteiger partial charge in [0.1, 0.15) is 11.7 Å². The number of hydrogen-bond donors (Lipinski definition) is 1. The lowest BCUT2D eigenvalue weighted by Crippen LogP contribution is -2.44. The molecule has 0 fully saturated rings. The summed E-state index contributed by atoms with van der Waals surface area (Å²) < 4.78 is 11.5. The molecule has 49 heavy (non-hydrogen) atoms. The first-order chi connectivity index (χ1) is 23.4. The molecular formula is C43H86N2O4. The van der Waals surface area contributed by atoms with Crippen LogP contribution >= 0.6 is 0 Å². The van der Waals surface area contributed by atoms with Crippen LogP contribution in [0.4, 0.5) is 4.79 Å². The third-order valence-corrected chi connectivity index (χ3v) is 9.50. The number of rotatable bonds is 34. The Balaban J connectivity index is 4.59. The molecule has 1 amide bonds. The number of ether oxygens (including phenoxy) is 2. The topological polar surface area (TPSA) is 67.9 Å². The molecule has 0 aliphatic heterocycles. The molecule has 1 N–H and O–H groups in total. The lowest BCUT2D eigenvalue weighted by atomic mass is 9.92. The second-order valence-electron chi connectivity index (χ2n) is 16.8. The van der Waals surface area contributed by atoms with E-state index in [2.05, 4.69) is 44.8 Å². The average molecular weight is 695 g/mol. The summed E-state index contributed by atoms with van der Waals surface area (Å²) in [5, 5.41) is 3.00. The van der Waals surface area contributed by atoms with Crippen molar-refractivity contribution in [3.63, 3.8) is 0 Å². The highest BCUT2D eigenvalue weighted by molar-refractivity contribution is 5.69. The highest BCUT2D eigenvalue weighted by atomic mass is 16.6. The van der Waals surface area contributed by atoms with E-state index >= 15 is 0 Å². The number of esters is 1. The predicted molar refractivity (Wildman–Crippen MR) is 211 cm³/mol. The Bertz CT molecular complexity index is 747. The molecule has 0 aromatic rings. The number of nitrogens with one attached hydrogen (secondary N) is 1. The van der Waals surface area contributed by atoms with Gasteiger partial charge in [0.15, 0.2) is 0 Å². The maximum Gasteiger partial charge on any atom is 0.407 e. The van der Waals surface area contributed by atoms with Gasteiger partial charge in [0, 0.05) is 19.5 Å². The summed E-state index contributed by atoms with van der Waals surface area (Å²) in [7, 11) is 0. The summed E-state index contributed by atoms with van der Waals surface area (Å²) in [6, 6.07) is 0. The molecule has 0 saturated carbocycles. The third-order valence-electron chi connectivity index (χ3n) is 9.50. The first kappa shape index (κ1) is 47.7. The van der Waals surface area contributed by atoms with E-state index in [0.29, 0.717) is 13.0 Å². The zero-order valence-electron chi connectivity index (χ0n) is 34.4. The number of alkyl carbamates (subject to hydrolysis) is 1. The van der Waals surface area contributed by atoms with Crippen molar-refractivity contribution >= 4 is 12.1 Å². The van der Waals surface area contributed by atoms with E-state index in [-0.39, 0.29) is 23.6 Å². The van der Waals surface area contributed by atoms with Gasteiger partial charge < -0.3 is 19.7 Å². The van der Waals surface area contributed by atoms with Crippen LogP contribution in [0.25, 0.3) is 0 Å². The molecule has 0 aliphatic carbocycles. The normalized spacial score (nSPS) is 12.2. The highest BCUT2D eigenvalue weighted by Gasteiger charge is 2.24. The van der Waals surface area contributed by atoms with Gasteiger partial charge in [-0.25, -0.2) is 4.79 Å². The fourth-order valence-electron chi connectivity index (χ4n) is 6.62. The summed E-state index contributed by atoms with van der Waals surface area (Å²) >= 11 is 0. The smallest absolute Gasteiger partial charge is 0.407 e. The molecule has 0 aliphatic rings. The molecule has 0 heterocycles. The number of carbonyl (C=O) groups is 2. The number of carbonyl (C=O) groups excluding carboxylic acids is 2. The van der Waals surface area contributed by atoms with E-state index in [1.807, 2.05) is 20.8 Å². The molecule has 6 nitrogen and oxygen atoms in total. The Morgan fingerprint density at radius 3 is 1.43 bits per heavy atom. The number of unbranched alkanes of at least 4 members (excludes halogenated alkanes) is 19. The second-order valence-corrected chi connectivity index (χ2v) is 16.8. The second kappa shape index (κ2) is 31.4. The Morgan fingerprint density at radius 1 is 0.571 bits per heavy atom. The monoisotopic (exact) mass is 695 g/mol. The fourth-order valence-corrected chi connectivity index (χ4v) is 6.62. The van der Waals surface area contributed by atoms with Gasteiger partial charge in [0.05, 0.1) is 0 Å². The van der Waals surface area contributed by atoms with Crippen LogP contribution < -0.4 is 5.32 Å². The van der Waals surface area contributed by atoms with Crippen molar-refractivity contribution in [2.75, 3.05) is 26.2 Å². The van der Waals surface area contributed by atoms with Crippen molar-refractivity contribution in [1.82, 2.24) is 10.2 Å². The zero-order valence-corrected chi connectivity index (χ0v) is 34.4. The van der Waals surface area contributed by atoms with Crippen LogP contribution in [-0.4, -0.2) is 54.8 Å². The highest BCUT2D eigenvalue weighted by Crippen LogP contribution is 2.20. The molecule has 0 saturated heterocycles. The van der Waals surface area contributed by atoms with E-state index in [4.69, 9.17) is 9.47 Å². The molecule has 0 rings (SSSR count). The van der Waals surface area contributed by atoms with Crippen LogP contribution in [0.15, 0.2) is 0 Å². The molecule has 0 atom stereocenters. The maximum atomic E-state index is 12.8. The van der Waals surface area contributed by atoms with E-state index in [1.165, 1.54) is 135 Å². The van der Waals surface area contributed by atoms with Crippen LogP contribution in [0.5, 0.6) is 0 Å². The van der Waals surface area contributed by atoms with Crippen molar-refractivity contribution in [2.45, 2.75) is 234 Å². The largest absolute Gasteiger partial charge is 0.462 e.